The molecule has 3 rings (SSSR count). The van der Waals surface area contributed by atoms with Gasteiger partial charge in [-0.3, -0.25) is 0 Å². The van der Waals surface area contributed by atoms with Crippen molar-refractivity contribution in [3.05, 3.63) is 95.3 Å². The number of benzene rings is 3. The molecule has 0 aliphatic rings. The average molecular weight is 351 g/mol. The maximum Gasteiger partial charge on any atom is 0.335 e. The summed E-state index contributed by atoms with van der Waals surface area (Å²) in [5, 5.41) is 12.2. The van der Waals surface area contributed by atoms with Crippen LogP contribution in [0.25, 0.3) is 0 Å². The summed E-state index contributed by atoms with van der Waals surface area (Å²) in [6, 6.07) is 20.6. The Morgan fingerprint density at radius 1 is 1.00 bits per heavy atom. The molecular formula is C21H18FNO3. The van der Waals surface area contributed by atoms with Crippen LogP contribution in [0.1, 0.15) is 21.5 Å². The molecule has 0 saturated carbocycles. The highest BCUT2D eigenvalue weighted by molar-refractivity contribution is 5.88. The average Bonchev–Trinajstić information content (AvgIpc) is 2.67. The predicted octanol–water partition coefficient (Wildman–Crippen LogP) is 4.72. The van der Waals surface area contributed by atoms with Crippen LogP contribution in [0.4, 0.5) is 10.1 Å². The maximum absolute atomic E-state index is 13.6. The lowest BCUT2D eigenvalue weighted by Crippen LogP contribution is -2.02. The summed E-state index contributed by atoms with van der Waals surface area (Å²) in [7, 11) is 0. The molecule has 0 aliphatic heterocycles. The van der Waals surface area contributed by atoms with Crippen LogP contribution in [-0.4, -0.2) is 11.1 Å². The SMILES string of the molecule is O=C(O)c1cccc(NCc2ccc(OCc3ccccc3F)cc2)c1. The van der Waals surface area contributed by atoms with Crippen LogP contribution in [0.5, 0.6) is 5.75 Å². The van der Waals surface area contributed by atoms with Crippen LogP contribution in [-0.2, 0) is 13.2 Å². The van der Waals surface area contributed by atoms with Crippen LogP contribution in [0.3, 0.4) is 0 Å². The van der Waals surface area contributed by atoms with Gasteiger partial charge in [-0.25, -0.2) is 9.18 Å². The largest absolute Gasteiger partial charge is 0.489 e. The van der Waals surface area contributed by atoms with Gasteiger partial charge in [0.25, 0.3) is 0 Å². The van der Waals surface area contributed by atoms with E-state index in [2.05, 4.69) is 5.32 Å². The highest BCUT2D eigenvalue weighted by Crippen LogP contribution is 2.17. The second-order valence-corrected chi connectivity index (χ2v) is 5.76. The van der Waals surface area contributed by atoms with Crippen molar-refractivity contribution in [1.82, 2.24) is 0 Å². The zero-order valence-electron chi connectivity index (χ0n) is 14.0. The van der Waals surface area contributed by atoms with E-state index in [1.807, 2.05) is 30.3 Å². The molecule has 0 aromatic heterocycles. The van der Waals surface area contributed by atoms with Gasteiger partial charge in [0.2, 0.25) is 0 Å². The van der Waals surface area contributed by atoms with Crippen molar-refractivity contribution in [3.63, 3.8) is 0 Å². The number of carbonyl (C=O) groups is 1. The lowest BCUT2D eigenvalue weighted by Gasteiger charge is -2.10. The fourth-order valence-electron chi connectivity index (χ4n) is 2.45. The van der Waals surface area contributed by atoms with Crippen molar-refractivity contribution < 1.29 is 19.0 Å². The van der Waals surface area contributed by atoms with E-state index in [0.717, 1.165) is 11.3 Å². The quantitative estimate of drug-likeness (QED) is 0.647. The van der Waals surface area contributed by atoms with Gasteiger partial charge in [0.1, 0.15) is 18.2 Å². The molecule has 4 nitrogen and oxygen atoms in total. The maximum atomic E-state index is 13.6. The molecule has 132 valence electrons. The second kappa shape index (κ2) is 8.16. The Hall–Kier alpha value is -3.34. The van der Waals surface area contributed by atoms with Gasteiger partial charge in [-0.1, -0.05) is 36.4 Å². The monoisotopic (exact) mass is 351 g/mol. The number of nitrogens with one attached hydrogen (secondary N) is 1. The molecular weight excluding hydrogens is 333 g/mol. The number of ether oxygens (including phenoxy) is 1. The van der Waals surface area contributed by atoms with E-state index in [-0.39, 0.29) is 18.0 Å². The van der Waals surface area contributed by atoms with E-state index in [9.17, 15) is 9.18 Å². The molecule has 5 heteroatoms. The van der Waals surface area contributed by atoms with Crippen molar-refractivity contribution in [2.75, 3.05) is 5.32 Å². The zero-order valence-corrected chi connectivity index (χ0v) is 14.0. The summed E-state index contributed by atoms with van der Waals surface area (Å²) in [5.41, 5.74) is 2.51. The number of rotatable bonds is 7. The van der Waals surface area contributed by atoms with Gasteiger partial charge in [-0.05, 0) is 42.0 Å². The molecule has 3 aromatic carbocycles. The molecule has 0 heterocycles. The van der Waals surface area contributed by atoms with Gasteiger partial charge in [0.05, 0.1) is 5.56 Å². The van der Waals surface area contributed by atoms with Crippen LogP contribution in [0.15, 0.2) is 72.8 Å². The number of carboxylic acids is 1. The minimum absolute atomic E-state index is 0.173. The van der Waals surface area contributed by atoms with Crippen molar-refractivity contribution in [2.24, 2.45) is 0 Å². The van der Waals surface area contributed by atoms with Gasteiger partial charge in [0, 0.05) is 17.8 Å². The molecule has 0 unspecified atom stereocenters. The molecule has 0 spiro atoms. The van der Waals surface area contributed by atoms with E-state index < -0.39 is 5.97 Å². The Balaban J connectivity index is 1.55. The second-order valence-electron chi connectivity index (χ2n) is 5.76. The summed E-state index contributed by atoms with van der Waals surface area (Å²) in [6.07, 6.45) is 0. The third kappa shape index (κ3) is 4.60. The Morgan fingerprint density at radius 3 is 2.50 bits per heavy atom. The van der Waals surface area contributed by atoms with E-state index in [4.69, 9.17) is 9.84 Å². The fraction of sp³-hybridized carbons (Fsp3) is 0.0952. The number of aromatic carboxylic acids is 1. The Bertz CT molecular complexity index is 894. The molecule has 26 heavy (non-hydrogen) atoms. The van der Waals surface area contributed by atoms with E-state index in [1.165, 1.54) is 6.07 Å². The molecule has 0 fully saturated rings. The summed E-state index contributed by atoms with van der Waals surface area (Å²) in [4.78, 5) is 11.0. The fourth-order valence-corrected chi connectivity index (χ4v) is 2.45. The van der Waals surface area contributed by atoms with E-state index in [1.54, 1.807) is 36.4 Å². The number of anilines is 1. The van der Waals surface area contributed by atoms with Crippen molar-refractivity contribution >= 4 is 11.7 Å². The lowest BCUT2D eigenvalue weighted by atomic mass is 10.2. The minimum Gasteiger partial charge on any atom is -0.489 e. The highest BCUT2D eigenvalue weighted by atomic mass is 19.1. The predicted molar refractivity (Wildman–Crippen MR) is 97.9 cm³/mol. The van der Waals surface area contributed by atoms with Crippen LogP contribution >= 0.6 is 0 Å². The van der Waals surface area contributed by atoms with Gasteiger partial charge in [-0.15, -0.1) is 0 Å². The summed E-state index contributed by atoms with van der Waals surface area (Å²) in [6.45, 7) is 0.725. The first-order valence-corrected chi connectivity index (χ1v) is 8.14. The first kappa shape index (κ1) is 17.5. The topological polar surface area (TPSA) is 58.6 Å². The van der Waals surface area contributed by atoms with Crippen LogP contribution in [0.2, 0.25) is 0 Å². The minimum atomic E-state index is -0.954. The molecule has 0 saturated heterocycles. The van der Waals surface area contributed by atoms with Gasteiger partial charge >= 0.3 is 5.97 Å². The standard InChI is InChI=1S/C21H18FNO3/c22-20-7-2-1-4-17(20)14-26-19-10-8-15(9-11-19)13-23-18-6-3-5-16(12-18)21(24)25/h1-12,23H,13-14H2,(H,24,25). The summed E-state index contributed by atoms with van der Waals surface area (Å²) >= 11 is 0. The Morgan fingerprint density at radius 2 is 1.77 bits per heavy atom. The molecule has 0 atom stereocenters. The van der Waals surface area contributed by atoms with Crippen LogP contribution < -0.4 is 10.1 Å². The number of halogens is 1. The molecule has 3 aromatic rings. The smallest absolute Gasteiger partial charge is 0.335 e. The molecule has 0 bridgehead atoms. The zero-order chi connectivity index (χ0) is 18.4. The van der Waals surface area contributed by atoms with E-state index in [0.29, 0.717) is 17.9 Å². The van der Waals surface area contributed by atoms with Gasteiger partial charge in [-0.2, -0.15) is 0 Å². The molecule has 0 aliphatic carbocycles. The van der Waals surface area contributed by atoms with Gasteiger partial charge in [0.15, 0.2) is 0 Å². The first-order chi connectivity index (χ1) is 12.6. The van der Waals surface area contributed by atoms with Crippen LogP contribution in [0, 0.1) is 5.82 Å². The number of hydrogen-bond donors (Lipinski definition) is 2. The summed E-state index contributed by atoms with van der Waals surface area (Å²) in [5.74, 6) is -0.577. The van der Waals surface area contributed by atoms with Gasteiger partial charge < -0.3 is 15.2 Å². The first-order valence-electron chi connectivity index (χ1n) is 8.14. The van der Waals surface area contributed by atoms with Crippen molar-refractivity contribution in [3.8, 4) is 5.75 Å². The normalized spacial score (nSPS) is 10.3. The lowest BCUT2D eigenvalue weighted by molar-refractivity contribution is 0.0697. The number of carboxylic acid groups (broad SMARTS) is 1. The Kier molecular flexibility index (Phi) is 5.49. The summed E-state index contributed by atoms with van der Waals surface area (Å²) < 4.78 is 19.2. The van der Waals surface area contributed by atoms with E-state index >= 15 is 0 Å². The molecule has 2 N–H and O–H groups in total. The highest BCUT2D eigenvalue weighted by Gasteiger charge is 2.04. The third-order valence-corrected chi connectivity index (χ3v) is 3.88. The molecule has 0 radical (unpaired) electrons. The Labute approximate surface area is 150 Å². The van der Waals surface area contributed by atoms with Crippen molar-refractivity contribution in [2.45, 2.75) is 13.2 Å². The molecule has 0 amide bonds. The van der Waals surface area contributed by atoms with Crippen molar-refractivity contribution in [1.29, 1.82) is 0 Å². The third-order valence-electron chi connectivity index (χ3n) is 3.88. The number of hydrogen-bond acceptors (Lipinski definition) is 3.